The molecule has 3 aromatic carbocycles. The van der Waals surface area contributed by atoms with Crippen LogP contribution in [-0.2, 0) is 96.7 Å². The van der Waals surface area contributed by atoms with Gasteiger partial charge in [0.05, 0.1) is 37.4 Å². The van der Waals surface area contributed by atoms with Gasteiger partial charge in [0.1, 0.15) is 78.9 Å². The first-order valence-corrected chi connectivity index (χ1v) is 50.6. The van der Waals surface area contributed by atoms with Crippen LogP contribution >= 0.6 is 0 Å². The summed E-state index contributed by atoms with van der Waals surface area (Å²) in [4.78, 5) is 163. The van der Waals surface area contributed by atoms with Gasteiger partial charge in [-0.25, -0.2) is 33.4 Å². The Morgan fingerprint density at radius 1 is 0.479 bits per heavy atom. The van der Waals surface area contributed by atoms with Gasteiger partial charge in [-0.3, -0.25) is 33.6 Å². The lowest BCUT2D eigenvalue weighted by atomic mass is 9.84. The second-order valence-corrected chi connectivity index (χ2v) is 43.6. The fraction of sp³-hybridized carbons (Fsp3) is 0.588. The van der Waals surface area contributed by atoms with Crippen molar-refractivity contribution in [3.8, 4) is 35.5 Å². The molecule has 7 aliphatic carbocycles. The third kappa shape index (κ3) is 30.7. The number of carbonyl (C=O) groups excluding carboxylic acids is 11. The lowest BCUT2D eigenvalue weighted by Crippen LogP contribution is -2.60. The predicted molar refractivity (Wildman–Crippen MR) is 521 cm³/mol. The van der Waals surface area contributed by atoms with Crippen molar-refractivity contribution in [2.75, 3.05) is 75.3 Å². The maximum Gasteiger partial charge on any atom is 0.408 e. The van der Waals surface area contributed by atoms with E-state index in [0.29, 0.717) is 6.42 Å². The molecule has 3 aromatic rings. The molecule has 2 saturated heterocycles. The van der Waals surface area contributed by atoms with Crippen molar-refractivity contribution < 1.29 is 113 Å². The average Bonchev–Trinajstić information content (AvgIpc) is 1.59. The van der Waals surface area contributed by atoms with E-state index in [0.717, 1.165) is 102 Å². The lowest BCUT2D eigenvalue weighted by Gasteiger charge is -2.35. The molecule has 0 aromatic heterocycles. The van der Waals surface area contributed by atoms with Gasteiger partial charge < -0.3 is 80.0 Å². The van der Waals surface area contributed by atoms with Crippen LogP contribution in [0.5, 0.6) is 0 Å². The van der Waals surface area contributed by atoms with Gasteiger partial charge in [0.25, 0.3) is 16.1 Å². The number of carboxylic acids is 1. The van der Waals surface area contributed by atoms with E-state index in [-0.39, 0.29) is 113 Å². The monoisotopic (exact) mass is 1980 g/mol. The molecule has 7 saturated carbocycles. The van der Waals surface area contributed by atoms with Crippen LogP contribution in [0.2, 0.25) is 0 Å². The van der Waals surface area contributed by atoms with Crippen LogP contribution in [0, 0.1) is 81.9 Å². The van der Waals surface area contributed by atoms with Gasteiger partial charge in [0.2, 0.25) is 29.5 Å². The first-order valence-electron chi connectivity index (χ1n) is 47.7. The number of nitrogens with zero attached hydrogens (tertiary/aromatic N) is 4. The highest BCUT2D eigenvalue weighted by Crippen LogP contribution is 2.49. The molecule has 9 N–H and O–H groups in total. The van der Waals surface area contributed by atoms with Crippen LogP contribution in [0.25, 0.3) is 0 Å². The molecule has 16 atom stereocenters. The third-order valence-electron chi connectivity index (χ3n) is 26.6. The number of esters is 1. The van der Waals surface area contributed by atoms with E-state index in [2.05, 4.69) is 91.9 Å². The Morgan fingerprint density at radius 2 is 0.821 bits per heavy atom. The highest BCUT2D eigenvalue weighted by molar-refractivity contribution is 7.87. The topological polar surface area (TPSA) is 467 Å². The van der Waals surface area contributed by atoms with Crippen molar-refractivity contribution >= 4 is 91.9 Å². The first-order chi connectivity index (χ1) is 66.2. The minimum Gasteiger partial charge on any atom is -0.479 e. The first kappa shape index (κ1) is 112. The predicted octanol–water partition coefficient (Wildman–Crippen LogP) is 8.30. The summed E-state index contributed by atoms with van der Waals surface area (Å²) in [5.41, 5.74) is -3.13. The number of aliphatic carboxylic acids is 1. The Morgan fingerprint density at radius 3 is 1.15 bits per heavy atom. The standard InChI is InChI=1S/C34H47N5O8S.C33H43N3O7.C32H40N2O7.C3H10N2O2S/c1-7-24-21-34(24,31(42)37-48(44,45)38(5)6)36-29(40)27-20-26(46-19-13-16-23-14-9-8-10-15-23)22-39(27)30(41)28(33(2,3)4)35-32(43)47-25-17-11-12-18-25;1-6-23-20-33(23,30(39)41-5)35-28(37)26-19-25(42-18-12-15-22-13-8-7-9-14-22)21-36(26)29(38)27(32(2,3)4)34-31(40)43-24-16-10-11-17-24;1-4-22-19-32(22,30(37)38)34-29(36)26-18-24(40-16-10-13-21-11-6-5-7-12-21)17-25(26)28(35)27(20(2)3)33-31(39)41-23-14-8-9-15-23;1-4-8(6,7)5(2)3/h7-10,14-15,24-28H,1,11-12,17-22H2,2-6H3,(H,35,43)(H,36,40)(H,37,42);6-9,13-14,23-27H,1,10-11,16-21H2,2-5H3,(H,34,40)(H,35,37);4-7,11-12,20,22-27H,1,8-9,14-19H2,2-3H3,(H,33,39)(H,34,36)(H,37,38);4H,1-3H3/t24?,26-,27+,28-,34-;23?,25-,26+,27-,33-;22?,24-,25?,26+,27-,32+;/m110./s1. The fourth-order valence-electron chi connectivity index (χ4n) is 18.0. The number of rotatable bonds is 33. The number of ether oxygens (including phenoxy) is 7. The molecule has 9 aliphatic rings. The number of hydrogen-bond donors (Lipinski definition) is 9. The van der Waals surface area contributed by atoms with E-state index >= 15 is 0 Å². The number of alkyl carbamates (subject to hydrolysis) is 3. The van der Waals surface area contributed by atoms with Gasteiger partial charge in [0.15, 0.2) is 5.78 Å². The molecule has 140 heavy (non-hydrogen) atoms. The summed E-state index contributed by atoms with van der Waals surface area (Å²) in [6.45, 7) is 26.2. The molecule has 36 nitrogen and oxygen atoms in total. The van der Waals surface area contributed by atoms with Crippen LogP contribution in [0.15, 0.2) is 129 Å². The third-order valence-corrected chi connectivity index (χ3v) is 29.4. The Kier molecular flexibility index (Phi) is 40.2. The zero-order chi connectivity index (χ0) is 103. The number of methoxy groups -OCH3 is 1. The number of nitrogens with one attached hydrogen (secondary N) is 8. The van der Waals surface area contributed by atoms with Crippen molar-refractivity contribution in [3.63, 3.8) is 0 Å². The molecule has 2 heterocycles. The number of carboxylic acid groups (broad SMARTS) is 1. The lowest BCUT2D eigenvalue weighted by molar-refractivity contribution is -0.148. The molecular weight excluding hydrogens is 1840 g/mol. The van der Waals surface area contributed by atoms with E-state index in [1.807, 2.05) is 130 Å². The second-order valence-electron chi connectivity index (χ2n) is 39.6. The molecule has 2 aliphatic heterocycles. The number of Topliss-reactive ketones (excluding diaryl/α,β-unsaturated/α-hetero) is 1. The van der Waals surface area contributed by atoms with E-state index in [9.17, 15) is 79.5 Å². The summed E-state index contributed by atoms with van der Waals surface area (Å²) in [6, 6.07) is 23.4. The van der Waals surface area contributed by atoms with E-state index in [1.54, 1.807) is 26.8 Å². The number of ketones is 1. The molecule has 0 spiro atoms. The van der Waals surface area contributed by atoms with Gasteiger partial charge in [-0.2, -0.15) is 25.4 Å². The van der Waals surface area contributed by atoms with Crippen molar-refractivity contribution in [2.24, 2.45) is 46.3 Å². The SMILES string of the molecule is C=CC1C[C@]1(NC(=O)[C@@H]1C[C@@H](OCC#Cc2ccccc2)CC1C(=O)[C@@H](NC(=O)OC1CCCC1)C(C)C)C(=O)O.C=CC1C[C@]1(NC(=O)[C@@H]1C[C@@H](OCC#Cc2ccccc2)CN1C(=O)[C@@H](NC(=O)OC1CCCC1)C(C)(C)C)C(=O)NS(=O)(=O)N(C)C.C=CC1C[C@]1(NC(=O)[C@@H]1C[C@@H](OCC#Cc2ccccc2)CN1C(=O)[C@@H](NC(=O)OC1CCCC1)C(C)(C)C)C(=O)OC.CNS(=O)(=O)N(C)C. The quantitative estimate of drug-likeness (QED) is 0.0120. The molecule has 0 bridgehead atoms. The van der Waals surface area contributed by atoms with E-state index in [1.165, 1.54) is 64.3 Å². The maximum absolute atomic E-state index is 14.3. The largest absolute Gasteiger partial charge is 0.479 e. The number of carbonyl (C=O) groups is 12. The molecule has 38 heteroatoms. The van der Waals surface area contributed by atoms with Crippen LogP contribution in [0.3, 0.4) is 0 Å². The average molecular weight is 1980 g/mol. The Balaban J connectivity index is 0.000000226. The number of amides is 9. The second kappa shape index (κ2) is 50.2. The van der Waals surface area contributed by atoms with Crippen LogP contribution in [0.4, 0.5) is 14.4 Å². The summed E-state index contributed by atoms with van der Waals surface area (Å²) in [6.07, 6.45) is 12.8. The van der Waals surface area contributed by atoms with E-state index in [4.69, 9.17) is 33.2 Å². The van der Waals surface area contributed by atoms with Crippen molar-refractivity contribution in [1.82, 2.24) is 59.8 Å². The molecule has 0 radical (unpaired) electrons. The summed E-state index contributed by atoms with van der Waals surface area (Å²) < 4.78 is 91.7. The van der Waals surface area contributed by atoms with Crippen molar-refractivity contribution in [3.05, 3.63) is 146 Å². The molecule has 9 fully saturated rings. The fourth-order valence-corrected chi connectivity index (χ4v) is 19.0. The van der Waals surface area contributed by atoms with Crippen LogP contribution in [-0.4, -0.2) is 271 Å². The van der Waals surface area contributed by atoms with E-state index < -0.39 is 180 Å². The van der Waals surface area contributed by atoms with Gasteiger partial charge in [-0.15, -0.1) is 19.7 Å². The Labute approximate surface area is 823 Å². The normalized spacial score (nSPS) is 25.1. The van der Waals surface area contributed by atoms with Gasteiger partial charge in [0, 0.05) is 102 Å². The molecule has 764 valence electrons. The van der Waals surface area contributed by atoms with Crippen LogP contribution < -0.4 is 41.3 Å². The number of likely N-dealkylation sites (tertiary alicyclic amines) is 2. The minimum absolute atomic E-state index is 0.0228. The Bertz CT molecular complexity index is 5330. The Hall–Kier alpha value is -11.5. The molecular formula is C102H140N12O24S2. The maximum atomic E-state index is 14.3. The number of hydrogen-bond acceptors (Lipinski definition) is 23. The van der Waals surface area contributed by atoms with Crippen LogP contribution in [0.1, 0.15) is 194 Å². The summed E-state index contributed by atoms with van der Waals surface area (Å²) in [7, 11) is 0.816. The summed E-state index contributed by atoms with van der Waals surface area (Å²) >= 11 is 0. The summed E-state index contributed by atoms with van der Waals surface area (Å²) in [5.74, 6) is 9.49. The highest BCUT2D eigenvalue weighted by atomic mass is 32.2. The zero-order valence-electron chi connectivity index (χ0n) is 82.7. The highest BCUT2D eigenvalue weighted by Gasteiger charge is 2.65. The smallest absolute Gasteiger partial charge is 0.408 e. The van der Waals surface area contributed by atoms with Gasteiger partial charge in [-0.05, 0) is 162 Å². The molecule has 12 rings (SSSR count). The zero-order valence-corrected chi connectivity index (χ0v) is 84.4. The van der Waals surface area contributed by atoms with Crippen molar-refractivity contribution in [2.45, 2.75) is 261 Å². The summed E-state index contributed by atoms with van der Waals surface area (Å²) in [5, 5.41) is 26.4. The van der Waals surface area contributed by atoms with Gasteiger partial charge >= 0.3 is 40.4 Å². The van der Waals surface area contributed by atoms with Crippen molar-refractivity contribution in [1.29, 1.82) is 0 Å². The molecule has 4 unspecified atom stereocenters. The molecule has 9 amide bonds. The minimum atomic E-state index is -4.14. The number of benzene rings is 3. The van der Waals surface area contributed by atoms with Gasteiger partial charge in [-0.1, -0.05) is 164 Å².